The van der Waals surface area contributed by atoms with Crippen molar-refractivity contribution in [2.45, 2.75) is 39.5 Å². The summed E-state index contributed by atoms with van der Waals surface area (Å²) < 4.78 is 27.2. The van der Waals surface area contributed by atoms with Gasteiger partial charge in [0.1, 0.15) is 0 Å². The van der Waals surface area contributed by atoms with E-state index in [9.17, 15) is 13.6 Å². The zero-order valence-corrected chi connectivity index (χ0v) is 11.2. The van der Waals surface area contributed by atoms with E-state index in [2.05, 4.69) is 0 Å². The monoisotopic (exact) mass is 264 g/mol. The van der Waals surface area contributed by atoms with Crippen molar-refractivity contribution in [2.24, 2.45) is 17.1 Å². The van der Waals surface area contributed by atoms with Crippen molar-refractivity contribution in [1.29, 1.82) is 0 Å². The molecular weight excluding hydrogens is 242 g/mol. The van der Waals surface area contributed by atoms with Gasteiger partial charge >= 0.3 is 5.97 Å². The summed E-state index contributed by atoms with van der Waals surface area (Å²) in [7, 11) is 0. The number of hydroxylamine groups is 2. The first kappa shape index (κ1) is 15.3. The summed E-state index contributed by atoms with van der Waals surface area (Å²) in [5, 5.41) is 1.34. The highest BCUT2D eigenvalue weighted by Crippen LogP contribution is 2.35. The van der Waals surface area contributed by atoms with Crippen molar-refractivity contribution >= 4 is 5.97 Å². The first-order valence-corrected chi connectivity index (χ1v) is 6.22. The molecule has 0 aromatic heterocycles. The minimum atomic E-state index is -2.72. The fraction of sp³-hybridized carbons (Fsp3) is 0.917. The van der Waals surface area contributed by atoms with Crippen LogP contribution in [0.1, 0.15) is 33.6 Å². The van der Waals surface area contributed by atoms with Crippen LogP contribution in [-0.4, -0.2) is 36.6 Å². The van der Waals surface area contributed by atoms with Crippen LogP contribution in [0.15, 0.2) is 0 Å². The van der Waals surface area contributed by atoms with E-state index in [0.717, 1.165) is 0 Å². The van der Waals surface area contributed by atoms with E-state index in [1.54, 1.807) is 20.8 Å². The molecule has 1 aliphatic heterocycles. The second-order valence-electron chi connectivity index (χ2n) is 5.80. The lowest BCUT2D eigenvalue weighted by Gasteiger charge is -2.37. The molecular formula is C12H22F2N2O2. The number of alkyl halides is 2. The van der Waals surface area contributed by atoms with Crippen LogP contribution >= 0.6 is 0 Å². The molecule has 18 heavy (non-hydrogen) atoms. The van der Waals surface area contributed by atoms with Gasteiger partial charge in [0.25, 0.3) is 5.92 Å². The maximum atomic E-state index is 13.6. The molecule has 1 fully saturated rings. The van der Waals surface area contributed by atoms with E-state index in [0.29, 0.717) is 0 Å². The summed E-state index contributed by atoms with van der Waals surface area (Å²) in [5.74, 6) is -3.97. The topological polar surface area (TPSA) is 55.6 Å². The second kappa shape index (κ2) is 5.48. The third kappa shape index (κ3) is 3.88. The van der Waals surface area contributed by atoms with E-state index in [1.165, 1.54) is 5.06 Å². The SMILES string of the molecule is CC(C)(C)C(=O)ON1CCC(F)(F)C(CCN)C1. The number of halogens is 2. The molecule has 0 radical (unpaired) electrons. The Hall–Kier alpha value is -0.750. The van der Waals surface area contributed by atoms with Gasteiger partial charge in [-0.1, -0.05) is 0 Å². The highest BCUT2D eigenvalue weighted by molar-refractivity contribution is 5.75. The van der Waals surface area contributed by atoms with Crippen molar-refractivity contribution in [3.05, 3.63) is 0 Å². The van der Waals surface area contributed by atoms with E-state index in [-0.39, 0.29) is 32.5 Å². The Bertz CT molecular complexity index is 303. The normalized spacial score (nSPS) is 24.9. The van der Waals surface area contributed by atoms with E-state index in [1.807, 2.05) is 0 Å². The predicted octanol–water partition coefficient (Wildman–Crippen LogP) is 1.80. The summed E-state index contributed by atoms with van der Waals surface area (Å²) in [6.45, 7) is 5.50. The zero-order valence-electron chi connectivity index (χ0n) is 11.2. The van der Waals surface area contributed by atoms with Crippen molar-refractivity contribution < 1.29 is 18.4 Å². The van der Waals surface area contributed by atoms with Crippen LogP contribution in [0, 0.1) is 11.3 Å². The smallest absolute Gasteiger partial charge is 0.330 e. The second-order valence-corrected chi connectivity index (χ2v) is 5.80. The van der Waals surface area contributed by atoms with Gasteiger partial charge in [0.05, 0.1) is 5.41 Å². The maximum Gasteiger partial charge on any atom is 0.330 e. The molecule has 1 heterocycles. The summed E-state index contributed by atoms with van der Waals surface area (Å²) in [6.07, 6.45) is -0.0638. The van der Waals surface area contributed by atoms with Gasteiger partial charge in [-0.2, -0.15) is 0 Å². The number of hydrogen-bond donors (Lipinski definition) is 1. The van der Waals surface area contributed by atoms with Crippen LogP contribution in [0.5, 0.6) is 0 Å². The molecule has 1 rings (SSSR count). The van der Waals surface area contributed by atoms with Gasteiger partial charge in [-0.25, -0.2) is 13.6 Å². The largest absolute Gasteiger partial charge is 0.367 e. The third-order valence-corrected chi connectivity index (χ3v) is 3.06. The highest BCUT2D eigenvalue weighted by atomic mass is 19.3. The Morgan fingerprint density at radius 2 is 2.11 bits per heavy atom. The lowest BCUT2D eigenvalue weighted by molar-refractivity contribution is -0.230. The van der Waals surface area contributed by atoms with Gasteiger partial charge in [-0.05, 0) is 33.7 Å². The highest BCUT2D eigenvalue weighted by Gasteiger charge is 2.44. The standard InChI is InChI=1S/C12H22F2N2O2/c1-11(2,3)10(17)18-16-7-5-12(13,14)9(8-16)4-6-15/h9H,4-8,15H2,1-3H3. The van der Waals surface area contributed by atoms with Crippen LogP contribution < -0.4 is 5.73 Å². The molecule has 1 aliphatic rings. The third-order valence-electron chi connectivity index (χ3n) is 3.06. The Kier molecular flexibility index (Phi) is 4.66. The van der Waals surface area contributed by atoms with Gasteiger partial charge in [0.2, 0.25) is 0 Å². The van der Waals surface area contributed by atoms with E-state index >= 15 is 0 Å². The lowest BCUT2D eigenvalue weighted by Crippen LogP contribution is -2.49. The summed E-state index contributed by atoms with van der Waals surface area (Å²) in [6, 6.07) is 0. The van der Waals surface area contributed by atoms with Crippen LogP contribution in [0.25, 0.3) is 0 Å². The summed E-state index contributed by atoms with van der Waals surface area (Å²) in [4.78, 5) is 16.8. The Morgan fingerprint density at radius 1 is 1.50 bits per heavy atom. The molecule has 0 aromatic rings. The fourth-order valence-corrected chi connectivity index (χ4v) is 1.79. The van der Waals surface area contributed by atoms with Crippen molar-refractivity contribution in [1.82, 2.24) is 5.06 Å². The van der Waals surface area contributed by atoms with E-state index in [4.69, 9.17) is 10.6 Å². The van der Waals surface area contributed by atoms with Gasteiger partial charge < -0.3 is 10.6 Å². The van der Waals surface area contributed by atoms with Crippen LogP contribution in [0.3, 0.4) is 0 Å². The number of carbonyl (C=O) groups excluding carboxylic acids is 1. The summed E-state index contributed by atoms with van der Waals surface area (Å²) in [5.41, 5.74) is 4.70. The molecule has 1 saturated heterocycles. The molecule has 4 nitrogen and oxygen atoms in total. The van der Waals surface area contributed by atoms with Crippen molar-refractivity contribution in [3.63, 3.8) is 0 Å². The molecule has 0 aromatic carbocycles. The minimum absolute atomic E-state index is 0.0476. The summed E-state index contributed by atoms with van der Waals surface area (Å²) >= 11 is 0. The lowest BCUT2D eigenvalue weighted by atomic mass is 9.91. The van der Waals surface area contributed by atoms with Crippen LogP contribution in [0.4, 0.5) is 8.78 Å². The molecule has 2 N–H and O–H groups in total. The van der Waals surface area contributed by atoms with E-state index < -0.39 is 23.2 Å². The molecule has 0 amide bonds. The van der Waals surface area contributed by atoms with Crippen LogP contribution in [-0.2, 0) is 9.63 Å². The quantitative estimate of drug-likeness (QED) is 0.844. The Balaban J connectivity index is 2.59. The van der Waals surface area contributed by atoms with Crippen molar-refractivity contribution in [2.75, 3.05) is 19.6 Å². The van der Waals surface area contributed by atoms with Gasteiger partial charge in [-0.15, -0.1) is 5.06 Å². The number of nitrogens with two attached hydrogens (primary N) is 1. The fourth-order valence-electron chi connectivity index (χ4n) is 1.79. The Morgan fingerprint density at radius 3 is 2.61 bits per heavy atom. The number of carbonyl (C=O) groups is 1. The number of rotatable bonds is 3. The first-order valence-electron chi connectivity index (χ1n) is 6.22. The van der Waals surface area contributed by atoms with Gasteiger partial charge in [0.15, 0.2) is 0 Å². The molecule has 106 valence electrons. The van der Waals surface area contributed by atoms with Gasteiger partial charge in [0, 0.05) is 25.4 Å². The zero-order chi connectivity index (χ0) is 14.0. The molecule has 6 heteroatoms. The maximum absolute atomic E-state index is 13.6. The van der Waals surface area contributed by atoms with Crippen molar-refractivity contribution in [3.8, 4) is 0 Å². The number of piperidine rings is 1. The average molecular weight is 264 g/mol. The number of hydrogen-bond acceptors (Lipinski definition) is 4. The molecule has 0 bridgehead atoms. The first-order chi connectivity index (χ1) is 8.16. The number of nitrogens with zero attached hydrogens (tertiary/aromatic N) is 1. The molecule has 0 spiro atoms. The van der Waals surface area contributed by atoms with Gasteiger partial charge in [-0.3, -0.25) is 0 Å². The van der Waals surface area contributed by atoms with Crippen LogP contribution in [0.2, 0.25) is 0 Å². The molecule has 0 saturated carbocycles. The molecule has 0 aliphatic carbocycles. The predicted molar refractivity (Wildman–Crippen MR) is 63.8 cm³/mol. The molecule has 1 unspecified atom stereocenters. The minimum Gasteiger partial charge on any atom is -0.367 e. The molecule has 1 atom stereocenters. The Labute approximate surface area is 106 Å². The average Bonchev–Trinajstić information content (AvgIpc) is 2.22.